The average Bonchev–Trinajstić information content (AvgIpc) is 2.70. The average molecular weight is 272 g/mol. The summed E-state index contributed by atoms with van der Waals surface area (Å²) in [6, 6.07) is 3.25. The molecule has 2 heterocycles. The van der Waals surface area contributed by atoms with Gasteiger partial charge in [0.25, 0.3) is 0 Å². The molecule has 0 fully saturated rings. The molecule has 19 heavy (non-hydrogen) atoms. The number of aromatic carboxylic acids is 1. The fourth-order valence-corrected chi connectivity index (χ4v) is 1.44. The molecule has 2 aromatic heterocycles. The number of hydrogen-bond donors (Lipinski definition) is 1. The Hall–Kier alpha value is -2.45. The summed E-state index contributed by atoms with van der Waals surface area (Å²) < 4.78 is 38.5. The van der Waals surface area contributed by atoms with E-state index in [1.165, 1.54) is 13.0 Å². The highest BCUT2D eigenvalue weighted by molar-refractivity contribution is 5.86. The molecule has 0 aliphatic heterocycles. The number of pyridine rings is 1. The van der Waals surface area contributed by atoms with Crippen LogP contribution in [0.5, 0.6) is 0 Å². The Balaban J connectivity index is 2.51. The van der Waals surface area contributed by atoms with Gasteiger partial charge in [-0.05, 0) is 19.1 Å². The van der Waals surface area contributed by atoms with E-state index >= 15 is 0 Å². The second-order valence-electron chi connectivity index (χ2n) is 3.62. The Kier molecular flexibility index (Phi) is 2.97. The summed E-state index contributed by atoms with van der Waals surface area (Å²) in [7, 11) is 0. The number of carbonyl (C=O) groups is 1. The normalized spacial score (nSPS) is 11.6. The molecule has 1 N–H and O–H groups in total. The minimum absolute atomic E-state index is 0.0966. The summed E-state index contributed by atoms with van der Waals surface area (Å²) in [6.45, 7) is 1.38. The second-order valence-corrected chi connectivity index (χ2v) is 3.62. The maximum atomic E-state index is 12.5. The molecule has 0 aliphatic carbocycles. The number of nitrogens with zero attached hydrogens (tertiary/aromatic N) is 4. The summed E-state index contributed by atoms with van der Waals surface area (Å²) in [5.74, 6) is -1.46. The van der Waals surface area contributed by atoms with Gasteiger partial charge in [0.15, 0.2) is 11.5 Å². The number of aromatic nitrogens is 4. The molecule has 0 saturated heterocycles. The molecule has 6 nitrogen and oxygen atoms in total. The molecule has 0 bridgehead atoms. The van der Waals surface area contributed by atoms with Gasteiger partial charge in [-0.25, -0.2) is 9.78 Å². The van der Waals surface area contributed by atoms with E-state index in [-0.39, 0.29) is 17.2 Å². The van der Waals surface area contributed by atoms with E-state index in [1.807, 2.05) is 0 Å². The summed E-state index contributed by atoms with van der Waals surface area (Å²) in [5.41, 5.74) is -1.32. The van der Waals surface area contributed by atoms with Gasteiger partial charge in [-0.15, -0.1) is 5.10 Å². The summed E-state index contributed by atoms with van der Waals surface area (Å²) >= 11 is 0. The highest BCUT2D eigenvalue weighted by Crippen LogP contribution is 2.28. The largest absolute Gasteiger partial charge is 0.476 e. The Labute approximate surface area is 104 Å². The van der Waals surface area contributed by atoms with Crippen LogP contribution in [0, 0.1) is 6.92 Å². The van der Waals surface area contributed by atoms with Crippen LogP contribution in [-0.2, 0) is 6.18 Å². The van der Waals surface area contributed by atoms with Crippen molar-refractivity contribution in [3.05, 3.63) is 35.3 Å². The summed E-state index contributed by atoms with van der Waals surface area (Å²) in [6.07, 6.45) is -4.58. The first-order valence-electron chi connectivity index (χ1n) is 5.01. The molecule has 2 aromatic rings. The summed E-state index contributed by atoms with van der Waals surface area (Å²) in [5, 5.41) is 15.7. The fourth-order valence-electron chi connectivity index (χ4n) is 1.44. The van der Waals surface area contributed by atoms with E-state index in [9.17, 15) is 18.0 Å². The SMILES string of the molecule is Cc1c(C(=O)O)nnn1-c1cccc(C(F)(F)F)n1. The lowest BCUT2D eigenvalue weighted by molar-refractivity contribution is -0.141. The third-order valence-corrected chi connectivity index (χ3v) is 2.34. The van der Waals surface area contributed by atoms with Crippen molar-refractivity contribution in [2.24, 2.45) is 0 Å². The van der Waals surface area contributed by atoms with Crippen molar-refractivity contribution < 1.29 is 23.1 Å². The molecular weight excluding hydrogens is 265 g/mol. The lowest BCUT2D eigenvalue weighted by atomic mass is 10.3. The van der Waals surface area contributed by atoms with E-state index < -0.39 is 17.8 Å². The number of rotatable bonds is 2. The van der Waals surface area contributed by atoms with Crippen molar-refractivity contribution in [3.63, 3.8) is 0 Å². The molecule has 0 unspecified atom stereocenters. The standard InChI is InChI=1S/C10H7F3N4O2/c1-5-8(9(18)19)15-16-17(5)7-4-2-3-6(14-7)10(11,12)13/h2-4H,1H3,(H,18,19). The van der Waals surface area contributed by atoms with Crippen molar-refractivity contribution in [3.8, 4) is 5.82 Å². The highest BCUT2D eigenvalue weighted by Gasteiger charge is 2.32. The topological polar surface area (TPSA) is 80.9 Å². The van der Waals surface area contributed by atoms with E-state index in [1.54, 1.807) is 0 Å². The first kappa shape index (κ1) is 13.0. The van der Waals surface area contributed by atoms with Gasteiger partial charge in [0.05, 0.1) is 5.69 Å². The zero-order valence-corrected chi connectivity index (χ0v) is 9.51. The molecule has 0 aliphatic rings. The maximum Gasteiger partial charge on any atom is 0.433 e. The molecule has 2 rings (SSSR count). The maximum absolute atomic E-state index is 12.5. The Bertz CT molecular complexity index is 636. The van der Waals surface area contributed by atoms with Gasteiger partial charge in [-0.1, -0.05) is 11.3 Å². The van der Waals surface area contributed by atoms with Gasteiger partial charge in [-0.3, -0.25) is 0 Å². The Morgan fingerprint density at radius 3 is 2.58 bits per heavy atom. The van der Waals surface area contributed by atoms with E-state index in [0.29, 0.717) is 0 Å². The van der Waals surface area contributed by atoms with Crippen LogP contribution in [0.3, 0.4) is 0 Å². The zero-order chi connectivity index (χ0) is 14.2. The molecule has 9 heteroatoms. The van der Waals surface area contributed by atoms with Crippen LogP contribution in [-0.4, -0.2) is 31.1 Å². The van der Waals surface area contributed by atoms with Gasteiger partial charge in [0.1, 0.15) is 5.69 Å². The van der Waals surface area contributed by atoms with Gasteiger partial charge in [-0.2, -0.15) is 17.9 Å². The van der Waals surface area contributed by atoms with Gasteiger partial charge < -0.3 is 5.11 Å². The molecule has 0 amide bonds. The molecule has 0 spiro atoms. The molecular formula is C10H7F3N4O2. The predicted octanol–water partition coefficient (Wildman–Crippen LogP) is 1.69. The number of alkyl halides is 3. The van der Waals surface area contributed by atoms with Crippen molar-refractivity contribution in [1.29, 1.82) is 0 Å². The Morgan fingerprint density at radius 2 is 2.05 bits per heavy atom. The zero-order valence-electron chi connectivity index (χ0n) is 9.51. The van der Waals surface area contributed by atoms with Crippen LogP contribution in [0.2, 0.25) is 0 Å². The highest BCUT2D eigenvalue weighted by atomic mass is 19.4. The third kappa shape index (κ3) is 2.39. The first-order chi connectivity index (χ1) is 8.80. The van der Waals surface area contributed by atoms with Crippen LogP contribution in [0.1, 0.15) is 21.9 Å². The van der Waals surface area contributed by atoms with Crippen molar-refractivity contribution in [1.82, 2.24) is 20.0 Å². The van der Waals surface area contributed by atoms with E-state index in [2.05, 4.69) is 15.3 Å². The molecule has 0 radical (unpaired) electrons. The van der Waals surface area contributed by atoms with Gasteiger partial charge in [0, 0.05) is 0 Å². The van der Waals surface area contributed by atoms with Crippen LogP contribution in [0.15, 0.2) is 18.2 Å². The van der Waals surface area contributed by atoms with Crippen LogP contribution in [0.25, 0.3) is 5.82 Å². The number of halogens is 3. The number of carboxylic acids is 1. The number of carboxylic acid groups (broad SMARTS) is 1. The number of hydrogen-bond acceptors (Lipinski definition) is 4. The second kappa shape index (κ2) is 4.34. The minimum atomic E-state index is -4.58. The monoisotopic (exact) mass is 272 g/mol. The Morgan fingerprint density at radius 1 is 1.37 bits per heavy atom. The van der Waals surface area contributed by atoms with Gasteiger partial charge >= 0.3 is 12.1 Å². The molecule has 0 aromatic carbocycles. The predicted molar refractivity (Wildman–Crippen MR) is 55.9 cm³/mol. The van der Waals surface area contributed by atoms with Crippen molar-refractivity contribution in [2.75, 3.05) is 0 Å². The summed E-state index contributed by atoms with van der Waals surface area (Å²) in [4.78, 5) is 14.2. The fraction of sp³-hybridized carbons (Fsp3) is 0.200. The molecule has 0 atom stereocenters. The van der Waals surface area contributed by atoms with Crippen LogP contribution >= 0.6 is 0 Å². The van der Waals surface area contributed by atoms with Crippen molar-refractivity contribution in [2.45, 2.75) is 13.1 Å². The van der Waals surface area contributed by atoms with Crippen LogP contribution in [0.4, 0.5) is 13.2 Å². The first-order valence-corrected chi connectivity index (χ1v) is 5.01. The lowest BCUT2D eigenvalue weighted by Gasteiger charge is -2.07. The third-order valence-electron chi connectivity index (χ3n) is 2.34. The van der Waals surface area contributed by atoms with E-state index in [4.69, 9.17) is 5.11 Å². The molecule has 0 saturated carbocycles. The molecule has 100 valence electrons. The van der Waals surface area contributed by atoms with E-state index in [0.717, 1.165) is 16.8 Å². The van der Waals surface area contributed by atoms with Crippen LogP contribution < -0.4 is 0 Å². The minimum Gasteiger partial charge on any atom is -0.476 e. The van der Waals surface area contributed by atoms with Gasteiger partial charge in [0.2, 0.25) is 0 Å². The smallest absolute Gasteiger partial charge is 0.433 e. The van der Waals surface area contributed by atoms with Crippen molar-refractivity contribution >= 4 is 5.97 Å². The lowest BCUT2D eigenvalue weighted by Crippen LogP contribution is -2.11. The quantitative estimate of drug-likeness (QED) is 0.899.